The first-order chi connectivity index (χ1) is 12.2. The Morgan fingerprint density at radius 2 is 1.68 bits per heavy atom. The molecule has 0 spiro atoms. The standard InChI is InChI=1S/C21H32N2O2/c24-20-21(25,18-22-14-6-1-2-7-15-22)13-9-17-23(20)16-8-12-19-10-4-3-5-11-19/h3-5,10-11,25H,1-2,6-9,12-18H2/t21-/m1/s1. The number of amides is 1. The molecule has 138 valence electrons. The van der Waals surface area contributed by atoms with E-state index in [9.17, 15) is 9.90 Å². The molecule has 2 fully saturated rings. The maximum absolute atomic E-state index is 12.9. The van der Waals surface area contributed by atoms with Crippen LogP contribution in [0.25, 0.3) is 0 Å². The highest BCUT2D eigenvalue weighted by Crippen LogP contribution is 2.25. The molecule has 1 aromatic carbocycles. The summed E-state index contributed by atoms with van der Waals surface area (Å²) in [4.78, 5) is 17.1. The lowest BCUT2D eigenvalue weighted by atomic mass is 9.90. The number of β-amino-alcohol motifs (C(OH)–C–C–N with tert-alkyl or cyclic N) is 1. The van der Waals surface area contributed by atoms with Crippen molar-refractivity contribution in [2.75, 3.05) is 32.7 Å². The summed E-state index contributed by atoms with van der Waals surface area (Å²) in [7, 11) is 0. The smallest absolute Gasteiger partial charge is 0.255 e. The first-order valence-corrected chi connectivity index (χ1v) is 9.95. The predicted octanol–water partition coefficient (Wildman–Crippen LogP) is 2.85. The summed E-state index contributed by atoms with van der Waals surface area (Å²) in [6.07, 6.45) is 8.36. The van der Waals surface area contributed by atoms with Crippen molar-refractivity contribution in [2.24, 2.45) is 0 Å². The summed E-state index contributed by atoms with van der Waals surface area (Å²) in [5.74, 6) is -0.0453. The summed E-state index contributed by atoms with van der Waals surface area (Å²) < 4.78 is 0. The number of carbonyl (C=O) groups excluding carboxylic acids is 1. The number of carbonyl (C=O) groups is 1. The molecule has 2 aliphatic heterocycles. The van der Waals surface area contributed by atoms with Gasteiger partial charge in [-0.2, -0.15) is 0 Å². The maximum Gasteiger partial charge on any atom is 0.255 e. The summed E-state index contributed by atoms with van der Waals surface area (Å²) in [6.45, 7) is 4.08. The zero-order valence-corrected chi connectivity index (χ0v) is 15.3. The Hall–Kier alpha value is -1.39. The molecule has 0 aliphatic carbocycles. The number of hydrogen-bond donors (Lipinski definition) is 1. The van der Waals surface area contributed by atoms with E-state index in [2.05, 4.69) is 29.2 Å². The number of benzene rings is 1. The Morgan fingerprint density at radius 1 is 0.960 bits per heavy atom. The molecule has 25 heavy (non-hydrogen) atoms. The normalized spacial score (nSPS) is 25.8. The number of aliphatic hydroxyl groups is 1. The Bertz CT molecular complexity index is 540. The van der Waals surface area contributed by atoms with Crippen LogP contribution in [0, 0.1) is 0 Å². The second kappa shape index (κ2) is 8.81. The fraction of sp³-hybridized carbons (Fsp3) is 0.667. The van der Waals surface area contributed by atoms with Crippen LogP contribution in [-0.2, 0) is 11.2 Å². The lowest BCUT2D eigenvalue weighted by molar-refractivity contribution is -0.159. The van der Waals surface area contributed by atoms with Gasteiger partial charge < -0.3 is 10.0 Å². The van der Waals surface area contributed by atoms with Gasteiger partial charge >= 0.3 is 0 Å². The lowest BCUT2D eigenvalue weighted by Gasteiger charge is -2.40. The van der Waals surface area contributed by atoms with Gasteiger partial charge in [-0.25, -0.2) is 0 Å². The van der Waals surface area contributed by atoms with Crippen LogP contribution in [0.3, 0.4) is 0 Å². The molecule has 0 bridgehead atoms. The monoisotopic (exact) mass is 344 g/mol. The van der Waals surface area contributed by atoms with Gasteiger partial charge in [0.15, 0.2) is 5.60 Å². The van der Waals surface area contributed by atoms with Crippen LogP contribution >= 0.6 is 0 Å². The van der Waals surface area contributed by atoms with Gasteiger partial charge in [-0.1, -0.05) is 43.2 Å². The van der Waals surface area contributed by atoms with Crippen LogP contribution in [0.1, 0.15) is 50.5 Å². The van der Waals surface area contributed by atoms with Crippen molar-refractivity contribution in [1.29, 1.82) is 0 Å². The van der Waals surface area contributed by atoms with Crippen LogP contribution in [0.4, 0.5) is 0 Å². The molecule has 0 aromatic heterocycles. The zero-order chi connectivity index (χ0) is 17.5. The highest BCUT2D eigenvalue weighted by Gasteiger charge is 2.43. The average molecular weight is 344 g/mol. The predicted molar refractivity (Wildman–Crippen MR) is 100 cm³/mol. The van der Waals surface area contributed by atoms with Crippen molar-refractivity contribution < 1.29 is 9.90 Å². The van der Waals surface area contributed by atoms with E-state index in [1.54, 1.807) is 0 Å². The van der Waals surface area contributed by atoms with Crippen LogP contribution in [0.15, 0.2) is 30.3 Å². The fourth-order valence-corrected chi connectivity index (χ4v) is 4.21. The summed E-state index contributed by atoms with van der Waals surface area (Å²) in [5.41, 5.74) is 0.141. The molecule has 4 nitrogen and oxygen atoms in total. The minimum Gasteiger partial charge on any atom is -0.379 e. The first-order valence-electron chi connectivity index (χ1n) is 9.95. The highest BCUT2D eigenvalue weighted by molar-refractivity contribution is 5.86. The van der Waals surface area contributed by atoms with Gasteiger partial charge in [0.05, 0.1) is 0 Å². The Balaban J connectivity index is 1.52. The number of hydrogen-bond acceptors (Lipinski definition) is 3. The number of aryl methyl sites for hydroxylation is 1. The zero-order valence-electron chi connectivity index (χ0n) is 15.3. The van der Waals surface area contributed by atoms with E-state index in [0.717, 1.165) is 45.4 Å². The van der Waals surface area contributed by atoms with E-state index < -0.39 is 5.60 Å². The SMILES string of the molecule is O=C1N(CCCc2ccccc2)CCC[C@@]1(O)CN1CCCCCC1. The first kappa shape index (κ1) is 18.4. The van der Waals surface area contributed by atoms with E-state index in [1.165, 1.54) is 31.2 Å². The lowest BCUT2D eigenvalue weighted by Crippen LogP contribution is -2.58. The molecule has 2 heterocycles. The maximum atomic E-state index is 12.9. The van der Waals surface area contributed by atoms with E-state index >= 15 is 0 Å². The van der Waals surface area contributed by atoms with Crippen LogP contribution < -0.4 is 0 Å². The highest BCUT2D eigenvalue weighted by atomic mass is 16.3. The van der Waals surface area contributed by atoms with Crippen molar-refractivity contribution in [1.82, 2.24) is 9.80 Å². The molecule has 1 aromatic rings. The van der Waals surface area contributed by atoms with Gasteiger partial charge in [0.2, 0.25) is 0 Å². The molecule has 1 N–H and O–H groups in total. The molecule has 1 amide bonds. The second-order valence-corrected chi connectivity index (χ2v) is 7.71. The molecule has 0 radical (unpaired) electrons. The third-order valence-corrected chi connectivity index (χ3v) is 5.62. The van der Waals surface area contributed by atoms with Crippen LogP contribution in [-0.4, -0.2) is 59.1 Å². The number of piperidine rings is 1. The van der Waals surface area contributed by atoms with Gasteiger partial charge in [0.25, 0.3) is 5.91 Å². The Morgan fingerprint density at radius 3 is 2.40 bits per heavy atom. The summed E-state index contributed by atoms with van der Waals surface area (Å²) in [5, 5.41) is 11.0. The second-order valence-electron chi connectivity index (χ2n) is 7.71. The third kappa shape index (κ3) is 5.05. The number of likely N-dealkylation sites (tertiary alicyclic amines) is 2. The molecular weight excluding hydrogens is 312 g/mol. The molecule has 2 saturated heterocycles. The molecule has 1 atom stereocenters. The van der Waals surface area contributed by atoms with Crippen LogP contribution in [0.5, 0.6) is 0 Å². The average Bonchev–Trinajstić information content (AvgIpc) is 2.88. The van der Waals surface area contributed by atoms with Gasteiger partial charge in [-0.3, -0.25) is 9.69 Å². The number of nitrogens with zero attached hydrogens (tertiary/aromatic N) is 2. The molecule has 0 saturated carbocycles. The summed E-state index contributed by atoms with van der Waals surface area (Å²) >= 11 is 0. The van der Waals surface area contributed by atoms with E-state index in [4.69, 9.17) is 0 Å². The minimum atomic E-state index is -1.17. The van der Waals surface area contributed by atoms with E-state index in [-0.39, 0.29) is 5.91 Å². The van der Waals surface area contributed by atoms with Gasteiger partial charge in [-0.15, -0.1) is 0 Å². The fourth-order valence-electron chi connectivity index (χ4n) is 4.21. The van der Waals surface area contributed by atoms with Gasteiger partial charge in [0.1, 0.15) is 0 Å². The Labute approximate surface area is 151 Å². The molecule has 2 aliphatic rings. The van der Waals surface area contributed by atoms with Gasteiger partial charge in [-0.05, 0) is 57.2 Å². The molecular formula is C21H32N2O2. The van der Waals surface area contributed by atoms with Crippen molar-refractivity contribution >= 4 is 5.91 Å². The topological polar surface area (TPSA) is 43.8 Å². The van der Waals surface area contributed by atoms with Crippen molar-refractivity contribution in [2.45, 2.75) is 57.0 Å². The van der Waals surface area contributed by atoms with Gasteiger partial charge in [0, 0.05) is 19.6 Å². The largest absolute Gasteiger partial charge is 0.379 e. The van der Waals surface area contributed by atoms with Crippen molar-refractivity contribution in [3.8, 4) is 0 Å². The van der Waals surface area contributed by atoms with E-state index in [1.807, 2.05) is 11.0 Å². The summed E-state index contributed by atoms with van der Waals surface area (Å²) in [6, 6.07) is 10.4. The molecule has 4 heteroatoms. The molecule has 0 unspecified atom stereocenters. The Kier molecular flexibility index (Phi) is 6.49. The minimum absolute atomic E-state index is 0.0453. The molecule has 3 rings (SSSR count). The quantitative estimate of drug-likeness (QED) is 0.863. The van der Waals surface area contributed by atoms with Crippen molar-refractivity contribution in [3.05, 3.63) is 35.9 Å². The third-order valence-electron chi connectivity index (χ3n) is 5.62. The van der Waals surface area contributed by atoms with E-state index in [0.29, 0.717) is 13.0 Å². The van der Waals surface area contributed by atoms with Crippen LogP contribution in [0.2, 0.25) is 0 Å². The number of rotatable bonds is 6. The van der Waals surface area contributed by atoms with Crippen molar-refractivity contribution in [3.63, 3.8) is 0 Å².